The molecule has 0 radical (unpaired) electrons. The lowest BCUT2D eigenvalue weighted by Gasteiger charge is -2.23. The zero-order chi connectivity index (χ0) is 22.0. The van der Waals surface area contributed by atoms with Gasteiger partial charge in [0.05, 0.1) is 11.7 Å². The van der Waals surface area contributed by atoms with E-state index in [9.17, 15) is 22.8 Å². The first kappa shape index (κ1) is 20.8. The monoisotopic (exact) mass is 447 g/mol. The number of amides is 3. The number of nitrogens with zero attached hydrogens (tertiary/aromatic N) is 3. The lowest BCUT2D eigenvalue weighted by atomic mass is 10.2. The molecule has 3 aromatic rings. The highest BCUT2D eigenvalue weighted by Crippen LogP contribution is 2.34. The molecule has 1 saturated heterocycles. The van der Waals surface area contributed by atoms with E-state index >= 15 is 0 Å². The van der Waals surface area contributed by atoms with Gasteiger partial charge in [0.15, 0.2) is 11.6 Å². The summed E-state index contributed by atoms with van der Waals surface area (Å²) in [5.74, 6) is -3.28. The number of likely N-dealkylation sites (tertiary alicyclic amines) is 1. The van der Waals surface area contributed by atoms with E-state index in [1.807, 2.05) is 0 Å². The molecule has 160 valence electrons. The van der Waals surface area contributed by atoms with Crippen LogP contribution in [0.25, 0.3) is 0 Å². The van der Waals surface area contributed by atoms with Gasteiger partial charge in [0.1, 0.15) is 10.8 Å². The highest BCUT2D eigenvalue weighted by Gasteiger charge is 2.33. The molecule has 2 aromatic carbocycles. The lowest BCUT2D eigenvalue weighted by Crippen LogP contribution is -2.34. The Morgan fingerprint density at radius 2 is 1.81 bits per heavy atom. The van der Waals surface area contributed by atoms with Crippen molar-refractivity contribution in [1.82, 2.24) is 15.1 Å². The van der Waals surface area contributed by atoms with Gasteiger partial charge in [0, 0.05) is 18.3 Å². The van der Waals surface area contributed by atoms with Crippen molar-refractivity contribution in [3.63, 3.8) is 0 Å². The molecule has 7 nitrogen and oxygen atoms in total. The Balaban J connectivity index is 1.45. The van der Waals surface area contributed by atoms with Crippen LogP contribution in [0.4, 0.5) is 29.3 Å². The molecular formula is C20H16F3N5O2S. The normalized spacial score (nSPS) is 15.7. The third kappa shape index (κ3) is 4.50. The van der Waals surface area contributed by atoms with E-state index in [-0.39, 0.29) is 16.4 Å². The molecular weight excluding hydrogens is 431 g/mol. The van der Waals surface area contributed by atoms with Crippen molar-refractivity contribution in [2.24, 2.45) is 0 Å². The van der Waals surface area contributed by atoms with Gasteiger partial charge in [-0.05, 0) is 37.1 Å². The molecule has 0 spiro atoms. The van der Waals surface area contributed by atoms with E-state index in [1.165, 1.54) is 29.2 Å². The van der Waals surface area contributed by atoms with Gasteiger partial charge in [-0.3, -0.25) is 4.79 Å². The van der Waals surface area contributed by atoms with Crippen LogP contribution in [0.15, 0.2) is 42.5 Å². The van der Waals surface area contributed by atoms with Gasteiger partial charge in [0.25, 0.3) is 5.91 Å². The van der Waals surface area contributed by atoms with Crippen molar-refractivity contribution in [1.29, 1.82) is 0 Å². The Morgan fingerprint density at radius 1 is 1.00 bits per heavy atom. The third-order valence-electron chi connectivity index (χ3n) is 4.73. The maximum Gasteiger partial charge on any atom is 0.322 e. The average Bonchev–Trinajstić information content (AvgIpc) is 3.42. The van der Waals surface area contributed by atoms with Crippen LogP contribution in [-0.4, -0.2) is 33.6 Å². The minimum Gasteiger partial charge on any atom is -0.320 e. The highest BCUT2D eigenvalue weighted by atomic mass is 32.1. The van der Waals surface area contributed by atoms with Crippen molar-refractivity contribution >= 4 is 34.6 Å². The van der Waals surface area contributed by atoms with Crippen molar-refractivity contribution < 1.29 is 22.8 Å². The van der Waals surface area contributed by atoms with E-state index in [0.29, 0.717) is 24.4 Å². The van der Waals surface area contributed by atoms with Gasteiger partial charge in [-0.2, -0.15) is 0 Å². The zero-order valence-corrected chi connectivity index (χ0v) is 16.8. The molecule has 0 bridgehead atoms. The zero-order valence-electron chi connectivity index (χ0n) is 15.9. The maximum atomic E-state index is 13.8. The first-order chi connectivity index (χ1) is 14.9. The molecule has 1 aliphatic heterocycles. The molecule has 2 N–H and O–H groups in total. The van der Waals surface area contributed by atoms with Gasteiger partial charge in [-0.15, -0.1) is 10.2 Å². The molecule has 1 fully saturated rings. The van der Waals surface area contributed by atoms with E-state index in [0.717, 1.165) is 23.5 Å². The van der Waals surface area contributed by atoms with Crippen LogP contribution < -0.4 is 10.6 Å². The molecule has 1 atom stereocenters. The Labute approximate surface area is 178 Å². The predicted octanol–water partition coefficient (Wildman–Crippen LogP) is 4.58. The molecule has 0 saturated carbocycles. The number of anilines is 2. The number of halogens is 3. The van der Waals surface area contributed by atoms with Crippen molar-refractivity contribution in [2.75, 3.05) is 17.2 Å². The summed E-state index contributed by atoms with van der Waals surface area (Å²) in [6.45, 7) is 0.445. The number of urea groups is 1. The van der Waals surface area contributed by atoms with E-state index in [4.69, 9.17) is 0 Å². The summed E-state index contributed by atoms with van der Waals surface area (Å²) in [5.41, 5.74) is 0.148. The molecule has 2 heterocycles. The van der Waals surface area contributed by atoms with Crippen LogP contribution in [0.1, 0.15) is 33.7 Å². The fraction of sp³-hybridized carbons (Fsp3) is 0.200. The second kappa shape index (κ2) is 8.72. The third-order valence-corrected chi connectivity index (χ3v) is 5.75. The topological polar surface area (TPSA) is 87.2 Å². The Kier molecular flexibility index (Phi) is 5.85. The number of para-hydroxylation sites is 1. The van der Waals surface area contributed by atoms with Crippen LogP contribution in [0, 0.1) is 17.5 Å². The molecule has 0 unspecified atom stereocenters. The van der Waals surface area contributed by atoms with E-state index < -0.39 is 35.4 Å². The number of hydrogen-bond donors (Lipinski definition) is 2. The van der Waals surface area contributed by atoms with Gasteiger partial charge < -0.3 is 15.5 Å². The minimum absolute atomic E-state index is 0.0149. The Bertz CT molecular complexity index is 1140. The Morgan fingerprint density at radius 3 is 2.58 bits per heavy atom. The molecule has 31 heavy (non-hydrogen) atoms. The molecule has 4 rings (SSSR count). The summed E-state index contributed by atoms with van der Waals surface area (Å²) in [6, 6.07) is 7.96. The number of rotatable bonds is 4. The van der Waals surface area contributed by atoms with Crippen LogP contribution in [-0.2, 0) is 0 Å². The minimum atomic E-state index is -1.08. The van der Waals surface area contributed by atoms with E-state index in [2.05, 4.69) is 20.8 Å². The number of carbonyl (C=O) groups excluding carboxylic acids is 2. The Hall–Kier alpha value is -3.47. The fourth-order valence-electron chi connectivity index (χ4n) is 3.24. The van der Waals surface area contributed by atoms with Gasteiger partial charge >= 0.3 is 6.03 Å². The van der Waals surface area contributed by atoms with Gasteiger partial charge in [-0.1, -0.05) is 23.5 Å². The van der Waals surface area contributed by atoms with Crippen LogP contribution in [0.5, 0.6) is 0 Å². The number of carbonyl (C=O) groups is 2. The van der Waals surface area contributed by atoms with Crippen molar-refractivity contribution in [3.8, 4) is 0 Å². The standard InChI is InChI=1S/C20H16F3N5O2S/c21-12-8-7-11(10-14(12)23)24-17(29)19-27-26-18(31-19)16-6-3-9-28(16)20(30)25-15-5-2-1-4-13(15)22/h1-2,4-5,7-8,10,16H,3,6,9H2,(H,24,29)(H,25,30)/t16-/m0/s1. The van der Waals surface area contributed by atoms with Gasteiger partial charge in [0.2, 0.25) is 5.01 Å². The largest absolute Gasteiger partial charge is 0.322 e. The average molecular weight is 447 g/mol. The first-order valence-electron chi connectivity index (χ1n) is 9.34. The maximum absolute atomic E-state index is 13.8. The fourth-order valence-corrected chi connectivity index (χ4v) is 4.12. The highest BCUT2D eigenvalue weighted by molar-refractivity contribution is 7.13. The number of aromatic nitrogens is 2. The van der Waals surface area contributed by atoms with E-state index in [1.54, 1.807) is 6.07 Å². The van der Waals surface area contributed by atoms with Crippen LogP contribution in [0.2, 0.25) is 0 Å². The van der Waals surface area contributed by atoms with Crippen LogP contribution >= 0.6 is 11.3 Å². The number of benzene rings is 2. The second-order valence-electron chi connectivity index (χ2n) is 6.79. The first-order valence-corrected chi connectivity index (χ1v) is 10.2. The van der Waals surface area contributed by atoms with Crippen LogP contribution in [0.3, 0.4) is 0 Å². The molecule has 0 aliphatic carbocycles. The summed E-state index contributed by atoms with van der Waals surface area (Å²) < 4.78 is 40.2. The van der Waals surface area contributed by atoms with Crippen molar-refractivity contribution in [3.05, 3.63) is 69.9 Å². The second-order valence-corrected chi connectivity index (χ2v) is 7.80. The molecule has 11 heteroatoms. The molecule has 1 aliphatic rings. The summed E-state index contributed by atoms with van der Waals surface area (Å²) in [6.07, 6.45) is 1.33. The predicted molar refractivity (Wildman–Crippen MR) is 108 cm³/mol. The SMILES string of the molecule is O=C(Nc1ccc(F)c(F)c1)c1nnc([C@@H]2CCCN2C(=O)Nc2ccccc2F)s1. The quantitative estimate of drug-likeness (QED) is 0.613. The molecule has 3 amide bonds. The number of nitrogens with one attached hydrogen (secondary N) is 2. The summed E-state index contributed by atoms with van der Waals surface area (Å²) in [5, 5.41) is 13.3. The lowest BCUT2D eigenvalue weighted by molar-refractivity contribution is 0.102. The smallest absolute Gasteiger partial charge is 0.320 e. The summed E-state index contributed by atoms with van der Waals surface area (Å²) in [7, 11) is 0. The van der Waals surface area contributed by atoms with Gasteiger partial charge in [-0.25, -0.2) is 18.0 Å². The summed E-state index contributed by atoms with van der Waals surface area (Å²) >= 11 is 0.998. The number of hydrogen-bond acceptors (Lipinski definition) is 5. The summed E-state index contributed by atoms with van der Waals surface area (Å²) in [4.78, 5) is 26.5. The molecule has 1 aromatic heterocycles. The van der Waals surface area contributed by atoms with Crippen molar-refractivity contribution in [2.45, 2.75) is 18.9 Å².